The van der Waals surface area contributed by atoms with Crippen molar-refractivity contribution in [2.24, 2.45) is 5.92 Å². The molecule has 7 nitrogen and oxygen atoms in total. The van der Waals surface area contributed by atoms with E-state index >= 15 is 0 Å². The summed E-state index contributed by atoms with van der Waals surface area (Å²) in [7, 11) is 0. The fourth-order valence-electron chi connectivity index (χ4n) is 3.47. The van der Waals surface area contributed by atoms with Crippen LogP contribution in [0, 0.1) is 5.92 Å². The van der Waals surface area contributed by atoms with Gasteiger partial charge in [-0.3, -0.25) is 14.6 Å². The van der Waals surface area contributed by atoms with Crippen LogP contribution < -0.4 is 5.32 Å². The summed E-state index contributed by atoms with van der Waals surface area (Å²) in [5.41, 5.74) is 1.22. The standard InChI is InChI=1S/C20H23N3O4/c24-9-5-1-4-8-23-12-16(20(26)27)18(13-23)22-19(25)15-10-14-6-2-3-7-17(14)21-11-15/h2-3,6-7,9-11,16,18H,1,4-5,8,12-13H2,(H,22,25)(H,26,27). The van der Waals surface area contributed by atoms with E-state index in [9.17, 15) is 19.5 Å². The van der Waals surface area contributed by atoms with Crippen LogP contribution in [-0.2, 0) is 9.59 Å². The monoisotopic (exact) mass is 369 g/mol. The van der Waals surface area contributed by atoms with E-state index in [1.54, 1.807) is 6.07 Å². The Kier molecular flexibility index (Phi) is 6.13. The van der Waals surface area contributed by atoms with Crippen LogP contribution in [0.15, 0.2) is 36.5 Å². The van der Waals surface area contributed by atoms with Crippen molar-refractivity contribution < 1.29 is 19.5 Å². The Morgan fingerprint density at radius 2 is 2.07 bits per heavy atom. The molecule has 2 unspecified atom stereocenters. The van der Waals surface area contributed by atoms with E-state index in [1.807, 2.05) is 29.2 Å². The number of rotatable bonds is 8. The van der Waals surface area contributed by atoms with Crippen molar-refractivity contribution in [3.8, 4) is 0 Å². The number of para-hydroxylation sites is 1. The number of likely N-dealkylation sites (tertiary alicyclic amines) is 1. The molecule has 1 amide bonds. The first-order chi connectivity index (χ1) is 13.1. The van der Waals surface area contributed by atoms with Gasteiger partial charge in [-0.25, -0.2) is 0 Å². The van der Waals surface area contributed by atoms with Crippen molar-refractivity contribution in [2.75, 3.05) is 19.6 Å². The van der Waals surface area contributed by atoms with Crippen LogP contribution in [0.2, 0.25) is 0 Å². The molecule has 2 heterocycles. The highest BCUT2D eigenvalue weighted by Crippen LogP contribution is 2.19. The summed E-state index contributed by atoms with van der Waals surface area (Å²) in [6, 6.07) is 8.83. The molecule has 142 valence electrons. The Labute approximate surface area is 157 Å². The van der Waals surface area contributed by atoms with Crippen LogP contribution in [0.25, 0.3) is 10.9 Å². The zero-order chi connectivity index (χ0) is 19.2. The van der Waals surface area contributed by atoms with Gasteiger partial charge in [0.15, 0.2) is 0 Å². The van der Waals surface area contributed by atoms with Crippen LogP contribution in [0.4, 0.5) is 0 Å². The molecular formula is C20H23N3O4. The molecule has 2 aromatic rings. The van der Waals surface area contributed by atoms with E-state index in [0.717, 1.165) is 36.6 Å². The lowest BCUT2D eigenvalue weighted by molar-refractivity contribution is -0.141. The molecule has 2 atom stereocenters. The number of aliphatic carboxylic acids is 1. The minimum atomic E-state index is -0.910. The second-order valence-electron chi connectivity index (χ2n) is 6.86. The molecular weight excluding hydrogens is 346 g/mol. The van der Waals surface area contributed by atoms with Crippen molar-refractivity contribution in [3.05, 3.63) is 42.1 Å². The molecule has 2 N–H and O–H groups in total. The highest BCUT2D eigenvalue weighted by Gasteiger charge is 2.38. The van der Waals surface area contributed by atoms with E-state index in [4.69, 9.17) is 0 Å². The Bertz CT molecular complexity index is 839. The summed E-state index contributed by atoms with van der Waals surface area (Å²) in [5, 5.41) is 13.2. The second-order valence-corrected chi connectivity index (χ2v) is 6.86. The molecule has 0 aliphatic carbocycles. The van der Waals surface area contributed by atoms with Gasteiger partial charge in [0.2, 0.25) is 0 Å². The minimum absolute atomic E-state index is 0.313. The Hall–Kier alpha value is -2.80. The molecule has 0 spiro atoms. The van der Waals surface area contributed by atoms with Crippen molar-refractivity contribution in [1.82, 2.24) is 15.2 Å². The highest BCUT2D eigenvalue weighted by atomic mass is 16.4. The number of nitrogens with one attached hydrogen (secondary N) is 1. The largest absolute Gasteiger partial charge is 0.481 e. The Balaban J connectivity index is 1.65. The van der Waals surface area contributed by atoms with E-state index in [2.05, 4.69) is 10.3 Å². The van der Waals surface area contributed by atoms with Gasteiger partial charge in [-0.2, -0.15) is 0 Å². The lowest BCUT2D eigenvalue weighted by Gasteiger charge is -2.17. The molecule has 1 aliphatic heterocycles. The summed E-state index contributed by atoms with van der Waals surface area (Å²) >= 11 is 0. The molecule has 7 heteroatoms. The van der Waals surface area contributed by atoms with Crippen LogP contribution in [0.5, 0.6) is 0 Å². The van der Waals surface area contributed by atoms with Crippen LogP contribution in [0.3, 0.4) is 0 Å². The number of carboxylic acid groups (broad SMARTS) is 1. The lowest BCUT2D eigenvalue weighted by Crippen LogP contribution is -2.43. The first kappa shape index (κ1) is 19.0. The van der Waals surface area contributed by atoms with Gasteiger partial charge in [0, 0.05) is 31.1 Å². The molecule has 0 saturated carbocycles. The predicted molar refractivity (Wildman–Crippen MR) is 100 cm³/mol. The van der Waals surface area contributed by atoms with Crippen molar-refractivity contribution in [3.63, 3.8) is 0 Å². The topological polar surface area (TPSA) is 99.6 Å². The fourth-order valence-corrected chi connectivity index (χ4v) is 3.47. The third-order valence-electron chi connectivity index (χ3n) is 4.93. The molecule has 1 aliphatic rings. The van der Waals surface area contributed by atoms with Gasteiger partial charge in [-0.1, -0.05) is 18.2 Å². The van der Waals surface area contributed by atoms with Gasteiger partial charge in [-0.05, 0) is 31.5 Å². The smallest absolute Gasteiger partial charge is 0.309 e. The van der Waals surface area contributed by atoms with Gasteiger partial charge >= 0.3 is 5.97 Å². The second kappa shape index (κ2) is 8.73. The highest BCUT2D eigenvalue weighted by molar-refractivity contribution is 5.97. The van der Waals surface area contributed by atoms with Crippen molar-refractivity contribution in [1.29, 1.82) is 0 Å². The number of benzene rings is 1. The number of hydrogen-bond acceptors (Lipinski definition) is 5. The average molecular weight is 369 g/mol. The van der Waals surface area contributed by atoms with Crippen LogP contribution in [0.1, 0.15) is 29.6 Å². The number of hydrogen-bond donors (Lipinski definition) is 2. The van der Waals surface area contributed by atoms with Gasteiger partial charge in [-0.15, -0.1) is 0 Å². The number of carbonyl (C=O) groups excluding carboxylic acids is 2. The molecule has 1 aromatic carbocycles. The number of nitrogens with zero attached hydrogens (tertiary/aromatic N) is 2. The lowest BCUT2D eigenvalue weighted by atomic mass is 10.0. The SMILES string of the molecule is O=CCCCCN1CC(NC(=O)c2cnc3ccccc3c2)C(C(=O)O)C1. The first-order valence-corrected chi connectivity index (χ1v) is 9.13. The Morgan fingerprint density at radius 3 is 2.85 bits per heavy atom. The number of aldehydes is 1. The molecule has 1 saturated heterocycles. The Morgan fingerprint density at radius 1 is 1.26 bits per heavy atom. The maximum Gasteiger partial charge on any atom is 0.309 e. The van der Waals surface area contributed by atoms with E-state index < -0.39 is 17.9 Å². The van der Waals surface area contributed by atoms with E-state index in [-0.39, 0.29) is 5.91 Å². The van der Waals surface area contributed by atoms with Gasteiger partial charge in [0.25, 0.3) is 5.91 Å². The number of unbranched alkanes of at least 4 members (excludes halogenated alkanes) is 2. The summed E-state index contributed by atoms with van der Waals surface area (Å²) < 4.78 is 0. The summed E-state index contributed by atoms with van der Waals surface area (Å²) in [6.07, 6.45) is 4.55. The van der Waals surface area contributed by atoms with E-state index in [0.29, 0.717) is 25.1 Å². The number of aromatic nitrogens is 1. The van der Waals surface area contributed by atoms with Gasteiger partial charge < -0.3 is 20.1 Å². The fraction of sp³-hybridized carbons (Fsp3) is 0.400. The van der Waals surface area contributed by atoms with E-state index in [1.165, 1.54) is 6.20 Å². The summed E-state index contributed by atoms with van der Waals surface area (Å²) in [4.78, 5) is 40.9. The number of carboxylic acids is 1. The first-order valence-electron chi connectivity index (χ1n) is 9.13. The van der Waals surface area contributed by atoms with Gasteiger partial charge in [0.1, 0.15) is 6.29 Å². The maximum absolute atomic E-state index is 12.6. The zero-order valence-corrected chi connectivity index (χ0v) is 15.0. The normalized spacial score (nSPS) is 19.9. The van der Waals surface area contributed by atoms with Crippen molar-refractivity contribution in [2.45, 2.75) is 25.3 Å². The number of carbonyl (C=O) groups is 3. The third-order valence-corrected chi connectivity index (χ3v) is 4.93. The summed E-state index contributed by atoms with van der Waals surface area (Å²) in [6.45, 7) is 1.61. The number of fused-ring (bicyclic) bond motifs is 1. The molecule has 0 radical (unpaired) electrons. The number of pyridine rings is 1. The van der Waals surface area contributed by atoms with Gasteiger partial charge in [0.05, 0.1) is 23.0 Å². The average Bonchev–Trinajstić information content (AvgIpc) is 3.07. The minimum Gasteiger partial charge on any atom is -0.481 e. The number of amides is 1. The molecule has 3 rings (SSSR count). The molecule has 1 fully saturated rings. The zero-order valence-electron chi connectivity index (χ0n) is 15.0. The molecule has 27 heavy (non-hydrogen) atoms. The van der Waals surface area contributed by atoms with Crippen LogP contribution in [-0.4, -0.2) is 58.8 Å². The van der Waals surface area contributed by atoms with Crippen molar-refractivity contribution >= 4 is 29.1 Å². The quantitative estimate of drug-likeness (QED) is 0.543. The van der Waals surface area contributed by atoms with Crippen LogP contribution >= 0.6 is 0 Å². The predicted octanol–water partition coefficient (Wildman–Crippen LogP) is 1.72. The summed E-state index contributed by atoms with van der Waals surface area (Å²) in [5.74, 6) is -1.87. The molecule has 0 bridgehead atoms. The third kappa shape index (κ3) is 4.68. The maximum atomic E-state index is 12.6. The molecule has 1 aromatic heterocycles.